The summed E-state index contributed by atoms with van der Waals surface area (Å²) < 4.78 is 14.5. The third kappa shape index (κ3) is 11.5. The molecule has 0 atom stereocenters. The molecule has 0 amide bonds. The van der Waals surface area contributed by atoms with Gasteiger partial charge in [0.2, 0.25) is 0 Å². The first kappa shape index (κ1) is 32.1. The molecular formula is C27H61N4P. The number of nitrogens with zero attached hydrogens (tertiary/aromatic N) is 4. The molecule has 0 radical (unpaired) electrons. The Hall–Kier alpha value is 0.110. The van der Waals surface area contributed by atoms with Crippen LogP contribution < -0.4 is 0 Å². The van der Waals surface area contributed by atoms with Crippen molar-refractivity contribution in [2.75, 3.05) is 45.8 Å². The highest BCUT2D eigenvalue weighted by Crippen LogP contribution is 2.60. The van der Waals surface area contributed by atoms with Gasteiger partial charge in [-0.25, -0.2) is 14.0 Å². The zero-order valence-corrected chi connectivity index (χ0v) is 24.3. The van der Waals surface area contributed by atoms with Gasteiger partial charge in [-0.2, -0.15) is 0 Å². The Morgan fingerprint density at radius 1 is 0.406 bits per heavy atom. The molecule has 0 bridgehead atoms. The van der Waals surface area contributed by atoms with Gasteiger partial charge in [-0.15, -0.1) is 0 Å². The molecular weight excluding hydrogens is 411 g/mol. The van der Waals surface area contributed by atoms with E-state index in [1.165, 1.54) is 116 Å². The van der Waals surface area contributed by atoms with Gasteiger partial charge < -0.3 is 0 Å². The predicted molar refractivity (Wildman–Crippen MR) is 149 cm³/mol. The van der Waals surface area contributed by atoms with Gasteiger partial charge in [-0.3, -0.25) is 4.74 Å². The molecule has 0 spiro atoms. The minimum atomic E-state index is -1.90. The monoisotopic (exact) mass is 472 g/mol. The van der Waals surface area contributed by atoms with E-state index in [2.05, 4.69) is 62.5 Å². The molecule has 0 fully saturated rings. The lowest BCUT2D eigenvalue weighted by Crippen LogP contribution is -2.43. The third-order valence-electron chi connectivity index (χ3n) is 6.27. The van der Waals surface area contributed by atoms with Crippen molar-refractivity contribution in [2.24, 2.45) is 4.74 Å². The van der Waals surface area contributed by atoms with E-state index < -0.39 is 7.51 Å². The fraction of sp³-hybridized carbons (Fsp3) is 1.00. The first-order valence-corrected chi connectivity index (χ1v) is 16.1. The molecule has 0 aromatic heterocycles. The smallest absolute Gasteiger partial charge is 0.167 e. The SMILES string of the molecule is CCCCN(CCCC)P(=NCCC)(N(CCCC)CCCC)N(CCCC)CCCC. The van der Waals surface area contributed by atoms with Crippen molar-refractivity contribution in [3.8, 4) is 0 Å². The van der Waals surface area contributed by atoms with Crippen molar-refractivity contribution < 1.29 is 0 Å². The Morgan fingerprint density at radius 3 is 0.844 bits per heavy atom. The van der Waals surface area contributed by atoms with Crippen LogP contribution in [0.3, 0.4) is 0 Å². The van der Waals surface area contributed by atoms with E-state index in [1.54, 1.807) is 0 Å². The Labute approximate surface area is 204 Å². The maximum atomic E-state index is 5.78. The zero-order chi connectivity index (χ0) is 24.1. The standard InChI is InChI=1S/C27H61N4P/c1-8-15-22-29(23-16-9-2)32(28-21-14-7,30(24-17-10-3)25-18-11-4)31(26-19-12-5)27-20-13-6/h8-27H2,1-7H3. The summed E-state index contributed by atoms with van der Waals surface area (Å²) in [6.07, 6.45) is 16.5. The lowest BCUT2D eigenvalue weighted by Gasteiger charge is -2.50. The van der Waals surface area contributed by atoms with Gasteiger partial charge in [0.05, 0.1) is 0 Å². The molecule has 0 aromatic carbocycles. The topological polar surface area (TPSA) is 22.1 Å². The molecule has 0 aliphatic rings. The molecule has 0 N–H and O–H groups in total. The molecule has 4 nitrogen and oxygen atoms in total. The summed E-state index contributed by atoms with van der Waals surface area (Å²) in [5.41, 5.74) is 0. The predicted octanol–water partition coefficient (Wildman–Crippen LogP) is 9.05. The Bertz CT molecular complexity index is 374. The van der Waals surface area contributed by atoms with Crippen LogP contribution >= 0.6 is 7.51 Å². The Kier molecular flexibility index (Phi) is 21.7. The normalized spacial score (nSPS) is 12.4. The van der Waals surface area contributed by atoms with Crippen molar-refractivity contribution in [2.45, 2.75) is 132 Å². The zero-order valence-electron chi connectivity index (χ0n) is 23.4. The molecule has 0 aliphatic carbocycles. The second-order valence-corrected chi connectivity index (χ2v) is 12.4. The summed E-state index contributed by atoms with van der Waals surface area (Å²) >= 11 is 0. The molecule has 194 valence electrons. The molecule has 0 aromatic rings. The van der Waals surface area contributed by atoms with E-state index in [9.17, 15) is 0 Å². The van der Waals surface area contributed by atoms with Crippen molar-refractivity contribution in [3.63, 3.8) is 0 Å². The minimum absolute atomic E-state index is 1.01. The maximum absolute atomic E-state index is 5.78. The molecule has 0 rings (SSSR count). The van der Waals surface area contributed by atoms with E-state index in [0.29, 0.717) is 0 Å². The molecule has 5 heteroatoms. The second kappa shape index (κ2) is 21.6. The van der Waals surface area contributed by atoms with Gasteiger partial charge in [0, 0.05) is 45.8 Å². The summed E-state index contributed by atoms with van der Waals surface area (Å²) in [4.78, 5) is 0. The van der Waals surface area contributed by atoms with Gasteiger partial charge in [0.1, 0.15) is 0 Å². The van der Waals surface area contributed by atoms with Crippen LogP contribution in [0.4, 0.5) is 0 Å². The molecule has 0 unspecified atom stereocenters. The van der Waals surface area contributed by atoms with Crippen LogP contribution in [0.15, 0.2) is 4.74 Å². The summed E-state index contributed by atoms with van der Waals surface area (Å²) in [5, 5.41) is 0. The number of rotatable bonds is 23. The highest BCUT2D eigenvalue weighted by Gasteiger charge is 2.38. The van der Waals surface area contributed by atoms with E-state index in [4.69, 9.17) is 4.74 Å². The van der Waals surface area contributed by atoms with Crippen molar-refractivity contribution in [3.05, 3.63) is 0 Å². The summed E-state index contributed by atoms with van der Waals surface area (Å²) in [7, 11) is -1.90. The van der Waals surface area contributed by atoms with Crippen molar-refractivity contribution in [1.82, 2.24) is 14.0 Å². The van der Waals surface area contributed by atoms with Crippen molar-refractivity contribution in [1.29, 1.82) is 0 Å². The van der Waals surface area contributed by atoms with Gasteiger partial charge in [-0.1, -0.05) is 87.0 Å². The average molecular weight is 473 g/mol. The van der Waals surface area contributed by atoms with Crippen molar-refractivity contribution >= 4 is 7.51 Å². The highest BCUT2D eigenvalue weighted by atomic mass is 31.2. The van der Waals surface area contributed by atoms with Crippen LogP contribution in [0.25, 0.3) is 0 Å². The fourth-order valence-corrected chi connectivity index (χ4v) is 8.76. The van der Waals surface area contributed by atoms with E-state index in [1.807, 2.05) is 0 Å². The highest BCUT2D eigenvalue weighted by molar-refractivity contribution is 7.59. The van der Waals surface area contributed by atoms with E-state index in [0.717, 1.165) is 13.0 Å². The number of unbranched alkanes of at least 4 members (excludes halogenated alkanes) is 6. The maximum Gasteiger partial charge on any atom is 0.167 e. The lowest BCUT2D eigenvalue weighted by molar-refractivity contribution is 0.289. The lowest BCUT2D eigenvalue weighted by atomic mass is 10.3. The van der Waals surface area contributed by atoms with Crippen LogP contribution in [0.5, 0.6) is 0 Å². The fourth-order valence-electron chi connectivity index (χ4n) is 4.22. The van der Waals surface area contributed by atoms with Crippen LogP contribution in [0.1, 0.15) is 132 Å². The largest absolute Gasteiger partial charge is 0.261 e. The number of hydrogen-bond acceptors (Lipinski definition) is 1. The van der Waals surface area contributed by atoms with Gasteiger partial charge >= 0.3 is 0 Å². The minimum Gasteiger partial charge on any atom is -0.261 e. The molecule has 32 heavy (non-hydrogen) atoms. The van der Waals surface area contributed by atoms with E-state index >= 15 is 0 Å². The average Bonchev–Trinajstić information content (AvgIpc) is 2.81. The second-order valence-electron chi connectivity index (χ2n) is 9.38. The van der Waals surface area contributed by atoms with Gasteiger partial charge in [-0.05, 0) is 44.9 Å². The molecule has 0 aliphatic heterocycles. The van der Waals surface area contributed by atoms with Crippen LogP contribution in [0, 0.1) is 0 Å². The molecule has 0 saturated carbocycles. The summed E-state index contributed by atoms with van der Waals surface area (Å²) in [6, 6.07) is 0. The molecule has 0 saturated heterocycles. The third-order valence-corrected chi connectivity index (χ3v) is 10.3. The van der Waals surface area contributed by atoms with Crippen LogP contribution in [-0.2, 0) is 0 Å². The summed E-state index contributed by atoms with van der Waals surface area (Å²) in [5.74, 6) is 0. The number of hydrogen-bond donors (Lipinski definition) is 0. The first-order valence-electron chi connectivity index (χ1n) is 14.5. The summed E-state index contributed by atoms with van der Waals surface area (Å²) in [6.45, 7) is 24.7. The quantitative estimate of drug-likeness (QED) is 0.138. The Morgan fingerprint density at radius 2 is 0.656 bits per heavy atom. The first-order chi connectivity index (χ1) is 15.6. The van der Waals surface area contributed by atoms with Crippen LogP contribution in [0.2, 0.25) is 0 Å². The molecule has 0 heterocycles. The van der Waals surface area contributed by atoms with Gasteiger partial charge in [0.15, 0.2) is 7.51 Å². The van der Waals surface area contributed by atoms with Gasteiger partial charge in [0.25, 0.3) is 0 Å². The Balaban J connectivity index is 6.70. The van der Waals surface area contributed by atoms with Crippen LogP contribution in [-0.4, -0.2) is 59.8 Å². The van der Waals surface area contributed by atoms with E-state index in [-0.39, 0.29) is 0 Å².